The summed E-state index contributed by atoms with van der Waals surface area (Å²) in [6.45, 7) is 4.55. The van der Waals surface area contributed by atoms with Crippen molar-refractivity contribution in [3.63, 3.8) is 0 Å². The Morgan fingerprint density at radius 1 is 1.29 bits per heavy atom. The quantitative estimate of drug-likeness (QED) is 0.740. The van der Waals surface area contributed by atoms with Gasteiger partial charge in [-0.05, 0) is 30.0 Å². The van der Waals surface area contributed by atoms with Crippen LogP contribution in [-0.2, 0) is 24.8 Å². The fraction of sp³-hybridized carbons (Fsp3) is 0.421. The number of ether oxygens (including phenoxy) is 1. The summed E-state index contributed by atoms with van der Waals surface area (Å²) in [7, 11) is 2.05. The van der Waals surface area contributed by atoms with Gasteiger partial charge in [0.2, 0.25) is 0 Å². The first-order chi connectivity index (χ1) is 11.8. The van der Waals surface area contributed by atoms with Crippen LogP contribution in [0.5, 0.6) is 0 Å². The number of hydrogen-bond acceptors (Lipinski definition) is 4. The molecule has 5 heteroatoms. The van der Waals surface area contributed by atoms with E-state index in [-0.39, 0.29) is 0 Å². The second kappa shape index (κ2) is 6.79. The number of fused-ring (bicyclic) bond motifs is 1. The van der Waals surface area contributed by atoms with Crippen LogP contribution in [0.25, 0.3) is 11.0 Å². The lowest BCUT2D eigenvalue weighted by Crippen LogP contribution is -2.31. The summed E-state index contributed by atoms with van der Waals surface area (Å²) in [6, 6.07) is 8.37. The highest BCUT2D eigenvalue weighted by Gasteiger charge is 2.21. The third-order valence-corrected chi connectivity index (χ3v) is 4.82. The van der Waals surface area contributed by atoms with Crippen LogP contribution >= 0.6 is 0 Å². The van der Waals surface area contributed by atoms with Crippen LogP contribution in [0.1, 0.15) is 11.3 Å². The van der Waals surface area contributed by atoms with E-state index < -0.39 is 0 Å². The molecule has 1 aliphatic heterocycles. The first kappa shape index (κ1) is 15.4. The Morgan fingerprint density at radius 2 is 2.25 bits per heavy atom. The molecule has 0 amide bonds. The fourth-order valence-electron chi connectivity index (χ4n) is 3.53. The molecule has 0 saturated carbocycles. The average molecular weight is 325 g/mol. The van der Waals surface area contributed by atoms with Crippen molar-refractivity contribution in [1.82, 2.24) is 14.5 Å². The predicted molar refractivity (Wildman–Crippen MR) is 92.7 cm³/mol. The van der Waals surface area contributed by atoms with Crippen LogP contribution in [0.2, 0.25) is 0 Å². The van der Waals surface area contributed by atoms with Crippen LogP contribution in [0.4, 0.5) is 0 Å². The van der Waals surface area contributed by atoms with Crippen molar-refractivity contribution in [3.05, 3.63) is 54.3 Å². The lowest BCUT2D eigenvalue weighted by molar-refractivity contribution is 0.122. The van der Waals surface area contributed by atoms with E-state index in [1.165, 1.54) is 16.6 Å². The first-order valence-electron chi connectivity index (χ1n) is 8.50. The van der Waals surface area contributed by atoms with Crippen LogP contribution < -0.4 is 0 Å². The summed E-state index contributed by atoms with van der Waals surface area (Å²) < 4.78 is 13.5. The van der Waals surface area contributed by atoms with Gasteiger partial charge in [-0.15, -0.1) is 0 Å². The minimum atomic E-state index is 0.487. The van der Waals surface area contributed by atoms with Crippen molar-refractivity contribution in [2.24, 2.45) is 13.0 Å². The van der Waals surface area contributed by atoms with Gasteiger partial charge in [0, 0.05) is 38.3 Å². The predicted octanol–water partition coefficient (Wildman–Crippen LogP) is 2.86. The maximum Gasteiger partial charge on any atom is 0.134 e. The Balaban J connectivity index is 1.48. The van der Waals surface area contributed by atoms with Crippen LogP contribution in [-0.4, -0.2) is 40.8 Å². The number of rotatable bonds is 4. The molecule has 24 heavy (non-hydrogen) atoms. The molecule has 3 heterocycles. The van der Waals surface area contributed by atoms with Crippen molar-refractivity contribution in [3.8, 4) is 0 Å². The van der Waals surface area contributed by atoms with Gasteiger partial charge in [-0.2, -0.15) is 0 Å². The molecule has 2 aromatic heterocycles. The molecule has 126 valence electrons. The van der Waals surface area contributed by atoms with Gasteiger partial charge in [-0.1, -0.05) is 12.1 Å². The smallest absolute Gasteiger partial charge is 0.134 e. The molecule has 3 aromatic rings. The Bertz CT molecular complexity index is 808. The van der Waals surface area contributed by atoms with Crippen molar-refractivity contribution in [1.29, 1.82) is 0 Å². The highest BCUT2D eigenvalue weighted by Crippen LogP contribution is 2.24. The lowest BCUT2D eigenvalue weighted by Gasteiger charge is -2.23. The average Bonchev–Trinajstić information content (AvgIpc) is 3.15. The van der Waals surface area contributed by atoms with E-state index in [1.807, 2.05) is 25.6 Å². The van der Waals surface area contributed by atoms with Crippen molar-refractivity contribution < 1.29 is 9.15 Å². The molecule has 0 bridgehead atoms. The second-order valence-electron chi connectivity index (χ2n) is 6.63. The van der Waals surface area contributed by atoms with E-state index in [9.17, 15) is 0 Å². The van der Waals surface area contributed by atoms with Crippen LogP contribution in [0.3, 0.4) is 0 Å². The van der Waals surface area contributed by atoms with E-state index in [0.717, 1.165) is 44.9 Å². The Hall–Kier alpha value is -2.11. The molecule has 0 spiro atoms. The number of aromatic nitrogens is 2. The van der Waals surface area contributed by atoms with E-state index in [0.29, 0.717) is 5.92 Å². The summed E-state index contributed by atoms with van der Waals surface area (Å²) in [5, 5.41) is 1.22. The summed E-state index contributed by atoms with van der Waals surface area (Å²) in [5.74, 6) is 0.487. The molecule has 4 rings (SSSR count). The zero-order chi connectivity index (χ0) is 16.4. The van der Waals surface area contributed by atoms with Gasteiger partial charge in [0.1, 0.15) is 5.58 Å². The molecule has 0 radical (unpaired) electrons. The third-order valence-electron chi connectivity index (χ3n) is 4.82. The van der Waals surface area contributed by atoms with Gasteiger partial charge in [0.05, 0.1) is 31.5 Å². The number of aryl methyl sites for hydroxylation is 1. The fourth-order valence-corrected chi connectivity index (χ4v) is 3.53. The largest absolute Gasteiger partial charge is 0.464 e. The van der Waals surface area contributed by atoms with E-state index in [2.05, 4.69) is 32.7 Å². The minimum absolute atomic E-state index is 0.487. The molecular weight excluding hydrogens is 302 g/mol. The van der Waals surface area contributed by atoms with Crippen molar-refractivity contribution in [2.75, 3.05) is 26.3 Å². The van der Waals surface area contributed by atoms with Gasteiger partial charge in [-0.25, -0.2) is 4.98 Å². The summed E-state index contributed by atoms with van der Waals surface area (Å²) >= 11 is 0. The highest BCUT2D eigenvalue weighted by molar-refractivity contribution is 5.80. The third kappa shape index (κ3) is 3.23. The monoisotopic (exact) mass is 325 g/mol. The molecule has 5 nitrogen and oxygen atoms in total. The molecule has 1 saturated heterocycles. The molecular formula is C19H23N3O2. The van der Waals surface area contributed by atoms with Gasteiger partial charge in [0.15, 0.2) is 0 Å². The van der Waals surface area contributed by atoms with Crippen LogP contribution in [0.15, 0.2) is 47.5 Å². The van der Waals surface area contributed by atoms with Crippen LogP contribution in [0, 0.1) is 5.92 Å². The lowest BCUT2D eigenvalue weighted by atomic mass is 9.97. The number of nitrogens with zero attached hydrogens (tertiary/aromatic N) is 3. The normalized spacial score (nSPS) is 19.6. The number of furan rings is 1. The molecule has 1 aliphatic rings. The molecule has 1 aromatic carbocycles. The maximum absolute atomic E-state index is 5.86. The first-order valence-corrected chi connectivity index (χ1v) is 8.50. The molecule has 0 unspecified atom stereocenters. The van der Waals surface area contributed by atoms with E-state index in [1.54, 1.807) is 6.26 Å². The van der Waals surface area contributed by atoms with E-state index >= 15 is 0 Å². The molecule has 0 N–H and O–H groups in total. The highest BCUT2D eigenvalue weighted by atomic mass is 16.5. The number of hydrogen-bond donors (Lipinski definition) is 0. The molecule has 1 atom stereocenters. The number of imidazole rings is 1. The minimum Gasteiger partial charge on any atom is -0.464 e. The zero-order valence-corrected chi connectivity index (χ0v) is 14.0. The number of benzene rings is 1. The van der Waals surface area contributed by atoms with Gasteiger partial charge >= 0.3 is 0 Å². The topological polar surface area (TPSA) is 43.4 Å². The second-order valence-corrected chi connectivity index (χ2v) is 6.63. The zero-order valence-electron chi connectivity index (χ0n) is 14.0. The van der Waals surface area contributed by atoms with Crippen molar-refractivity contribution in [2.45, 2.75) is 13.0 Å². The van der Waals surface area contributed by atoms with E-state index in [4.69, 9.17) is 9.15 Å². The van der Waals surface area contributed by atoms with Crippen molar-refractivity contribution >= 4 is 11.0 Å². The summed E-state index contributed by atoms with van der Waals surface area (Å²) in [5.41, 5.74) is 3.55. The summed E-state index contributed by atoms with van der Waals surface area (Å²) in [4.78, 5) is 6.70. The van der Waals surface area contributed by atoms with Gasteiger partial charge in [-0.3, -0.25) is 4.90 Å². The Morgan fingerprint density at radius 3 is 3.12 bits per heavy atom. The summed E-state index contributed by atoms with van der Waals surface area (Å²) in [6.07, 6.45) is 6.60. The Labute approximate surface area is 141 Å². The SMILES string of the molecule is Cn1cncc1CN1CCOC[C@H](Cc2cccc3occc23)C1. The molecule has 0 aliphatic carbocycles. The Kier molecular flexibility index (Phi) is 4.36. The molecule has 1 fully saturated rings. The van der Waals surface area contributed by atoms with Gasteiger partial charge in [0.25, 0.3) is 0 Å². The van der Waals surface area contributed by atoms with Gasteiger partial charge < -0.3 is 13.7 Å². The standard InChI is InChI=1S/C19H23N3O2/c1-21-14-20-10-17(21)12-22-6-8-23-13-15(11-22)9-16-3-2-4-19-18(16)5-7-24-19/h2-5,7,10,14-15H,6,8-9,11-13H2,1H3/t15-/m1/s1. The maximum atomic E-state index is 5.86.